The Balaban J connectivity index is 1.74. The first kappa shape index (κ1) is 20.0. The zero-order chi connectivity index (χ0) is 22.2. The van der Waals surface area contributed by atoms with Gasteiger partial charge in [0.05, 0.1) is 28.2 Å². The van der Waals surface area contributed by atoms with Crippen LogP contribution in [0.1, 0.15) is 22.3 Å². The number of hydrogen-bond acceptors (Lipinski definition) is 5. The molecule has 3 aromatic carbocycles. The lowest BCUT2D eigenvalue weighted by Crippen LogP contribution is -2.22. The van der Waals surface area contributed by atoms with Gasteiger partial charge in [-0.05, 0) is 54.8 Å². The Bertz CT molecular complexity index is 1590. The summed E-state index contributed by atoms with van der Waals surface area (Å²) in [6.45, 7) is 3.99. The average Bonchev–Trinajstić information content (AvgIpc) is 3.24. The Morgan fingerprint density at radius 1 is 1.00 bits per heavy atom. The number of thioether (sulfide) groups is 1. The minimum Gasteiger partial charge on any atom is -0.268 e. The van der Waals surface area contributed by atoms with Gasteiger partial charge < -0.3 is 0 Å². The SMILES string of the molecule is Cc1ccc(C)c(-n2c(=O)c3ccccc3n3c(SCc4ccccc4C#N)nnc23)c1. The van der Waals surface area contributed by atoms with E-state index in [1.54, 1.807) is 4.57 Å². The molecule has 2 aromatic heterocycles. The predicted octanol–water partition coefficient (Wildman–Crippen LogP) is 4.81. The second kappa shape index (κ2) is 7.98. The van der Waals surface area contributed by atoms with E-state index < -0.39 is 0 Å². The minimum absolute atomic E-state index is 0.124. The van der Waals surface area contributed by atoms with Gasteiger partial charge >= 0.3 is 0 Å². The molecule has 7 heteroatoms. The maximum absolute atomic E-state index is 13.5. The number of benzene rings is 3. The van der Waals surface area contributed by atoms with Crippen LogP contribution in [-0.2, 0) is 5.75 Å². The van der Waals surface area contributed by atoms with Gasteiger partial charge in [-0.15, -0.1) is 10.2 Å². The molecule has 0 saturated carbocycles. The minimum atomic E-state index is -0.124. The normalized spacial score (nSPS) is 11.2. The van der Waals surface area contributed by atoms with Crippen molar-refractivity contribution in [1.82, 2.24) is 19.2 Å². The van der Waals surface area contributed by atoms with E-state index in [0.717, 1.165) is 27.9 Å². The lowest BCUT2D eigenvalue weighted by Gasteiger charge is -2.14. The van der Waals surface area contributed by atoms with E-state index in [1.165, 1.54) is 11.8 Å². The van der Waals surface area contributed by atoms with Gasteiger partial charge in [-0.25, -0.2) is 4.57 Å². The van der Waals surface area contributed by atoms with E-state index in [1.807, 2.05) is 85.0 Å². The third-order valence-electron chi connectivity index (χ3n) is 5.49. The fourth-order valence-electron chi connectivity index (χ4n) is 3.85. The zero-order valence-corrected chi connectivity index (χ0v) is 18.4. The molecule has 0 saturated heterocycles. The molecule has 0 spiro atoms. The largest absolute Gasteiger partial charge is 0.268 e. The van der Waals surface area contributed by atoms with Crippen molar-refractivity contribution in [1.29, 1.82) is 5.26 Å². The van der Waals surface area contributed by atoms with Crippen molar-refractivity contribution < 1.29 is 0 Å². The third-order valence-corrected chi connectivity index (χ3v) is 6.47. The highest BCUT2D eigenvalue weighted by molar-refractivity contribution is 7.98. The zero-order valence-electron chi connectivity index (χ0n) is 17.6. The first-order valence-electron chi connectivity index (χ1n) is 10.2. The maximum atomic E-state index is 13.5. The summed E-state index contributed by atoms with van der Waals surface area (Å²) in [6.07, 6.45) is 0. The lowest BCUT2D eigenvalue weighted by atomic mass is 10.1. The molecule has 0 amide bonds. The Hall–Kier alpha value is -3.89. The van der Waals surface area contributed by atoms with E-state index in [0.29, 0.717) is 27.6 Å². The number of hydrogen-bond donors (Lipinski definition) is 0. The summed E-state index contributed by atoms with van der Waals surface area (Å²) in [5, 5.41) is 19.5. The van der Waals surface area contributed by atoms with E-state index in [4.69, 9.17) is 0 Å². The number of aromatic nitrogens is 4. The Morgan fingerprint density at radius 2 is 1.78 bits per heavy atom. The summed E-state index contributed by atoms with van der Waals surface area (Å²) >= 11 is 1.49. The molecule has 0 aliphatic carbocycles. The highest BCUT2D eigenvalue weighted by Gasteiger charge is 2.19. The third kappa shape index (κ3) is 3.26. The summed E-state index contributed by atoms with van der Waals surface area (Å²) < 4.78 is 3.57. The van der Waals surface area contributed by atoms with Gasteiger partial charge in [-0.1, -0.05) is 54.2 Å². The van der Waals surface area contributed by atoms with Crippen molar-refractivity contribution in [2.45, 2.75) is 24.8 Å². The molecule has 5 rings (SSSR count). The molecule has 0 N–H and O–H groups in total. The second-order valence-corrected chi connectivity index (χ2v) is 8.57. The fraction of sp³-hybridized carbons (Fsp3) is 0.120. The summed E-state index contributed by atoms with van der Waals surface area (Å²) in [5.41, 5.74) is 5.05. The van der Waals surface area contributed by atoms with Crippen LogP contribution in [0.3, 0.4) is 0 Å². The van der Waals surface area contributed by atoms with Gasteiger partial charge in [0.15, 0.2) is 5.16 Å². The standard InChI is InChI=1S/C25H19N5OS/c1-16-11-12-17(2)22(13-16)29-23(31)20-9-5-6-10-21(20)30-24(29)27-28-25(30)32-15-19-8-4-3-7-18(19)14-26/h3-13H,15H2,1-2H3. The van der Waals surface area contributed by atoms with Gasteiger partial charge in [0.2, 0.25) is 5.78 Å². The molecule has 32 heavy (non-hydrogen) atoms. The van der Waals surface area contributed by atoms with Crippen molar-refractivity contribution in [3.63, 3.8) is 0 Å². The van der Waals surface area contributed by atoms with Crippen molar-refractivity contribution >= 4 is 28.4 Å². The van der Waals surface area contributed by atoms with Crippen molar-refractivity contribution in [2.75, 3.05) is 0 Å². The molecule has 0 radical (unpaired) electrons. The molecule has 6 nitrogen and oxygen atoms in total. The Morgan fingerprint density at radius 3 is 2.62 bits per heavy atom. The first-order chi connectivity index (χ1) is 15.6. The van der Waals surface area contributed by atoms with E-state index in [9.17, 15) is 10.1 Å². The predicted molar refractivity (Wildman–Crippen MR) is 126 cm³/mol. The van der Waals surface area contributed by atoms with Crippen LogP contribution in [0.5, 0.6) is 0 Å². The molecule has 0 atom stereocenters. The molecule has 5 aromatic rings. The van der Waals surface area contributed by atoms with E-state index in [2.05, 4.69) is 16.3 Å². The van der Waals surface area contributed by atoms with Crippen molar-refractivity contribution in [3.05, 3.63) is 99.3 Å². The smallest absolute Gasteiger partial charge is 0.267 e. The van der Waals surface area contributed by atoms with E-state index in [-0.39, 0.29) is 5.56 Å². The van der Waals surface area contributed by atoms with Crippen LogP contribution in [-0.4, -0.2) is 19.2 Å². The monoisotopic (exact) mass is 437 g/mol. The van der Waals surface area contributed by atoms with Gasteiger partial charge in [0, 0.05) is 5.75 Å². The molecule has 0 bridgehead atoms. The van der Waals surface area contributed by atoms with Crippen molar-refractivity contribution in [2.24, 2.45) is 0 Å². The summed E-state index contributed by atoms with van der Waals surface area (Å²) in [4.78, 5) is 13.5. The highest BCUT2D eigenvalue weighted by Crippen LogP contribution is 2.27. The number of aryl methyl sites for hydroxylation is 2. The number of fused-ring (bicyclic) bond motifs is 3. The van der Waals surface area contributed by atoms with Crippen LogP contribution in [0.25, 0.3) is 22.4 Å². The Kier molecular flexibility index (Phi) is 5.00. The average molecular weight is 438 g/mol. The summed E-state index contributed by atoms with van der Waals surface area (Å²) in [7, 11) is 0. The lowest BCUT2D eigenvalue weighted by molar-refractivity contribution is 0.927. The molecule has 2 heterocycles. The first-order valence-corrected chi connectivity index (χ1v) is 11.1. The van der Waals surface area contributed by atoms with Gasteiger partial charge in [0.1, 0.15) is 0 Å². The van der Waals surface area contributed by atoms with Crippen LogP contribution >= 0.6 is 11.8 Å². The van der Waals surface area contributed by atoms with Crippen LogP contribution in [0.2, 0.25) is 0 Å². The molecule has 0 fully saturated rings. The molecule has 0 aliphatic heterocycles. The molecular formula is C25H19N5OS. The molecule has 156 valence electrons. The van der Waals surface area contributed by atoms with Crippen LogP contribution in [0.15, 0.2) is 76.7 Å². The Labute approximate surface area is 188 Å². The highest BCUT2D eigenvalue weighted by atomic mass is 32.2. The maximum Gasteiger partial charge on any atom is 0.267 e. The second-order valence-electron chi connectivity index (χ2n) is 7.62. The summed E-state index contributed by atoms with van der Waals surface area (Å²) in [6, 6.07) is 23.3. The van der Waals surface area contributed by atoms with Crippen LogP contribution < -0.4 is 5.56 Å². The number of nitriles is 1. The topological polar surface area (TPSA) is 76.0 Å². The molecule has 0 aliphatic rings. The van der Waals surface area contributed by atoms with Crippen LogP contribution in [0.4, 0.5) is 0 Å². The van der Waals surface area contributed by atoms with Crippen molar-refractivity contribution in [3.8, 4) is 11.8 Å². The van der Waals surface area contributed by atoms with Crippen LogP contribution in [0, 0.1) is 25.2 Å². The number of rotatable bonds is 4. The quantitative estimate of drug-likeness (QED) is 0.377. The number of para-hydroxylation sites is 1. The molecule has 0 unspecified atom stereocenters. The summed E-state index contributed by atoms with van der Waals surface area (Å²) in [5.74, 6) is 1.04. The van der Waals surface area contributed by atoms with Gasteiger partial charge in [-0.3, -0.25) is 9.20 Å². The fourth-order valence-corrected chi connectivity index (χ4v) is 4.79. The van der Waals surface area contributed by atoms with E-state index >= 15 is 0 Å². The van der Waals surface area contributed by atoms with Gasteiger partial charge in [-0.2, -0.15) is 5.26 Å². The number of nitrogens with zero attached hydrogens (tertiary/aromatic N) is 5. The molecular weight excluding hydrogens is 418 g/mol. The van der Waals surface area contributed by atoms with Gasteiger partial charge in [0.25, 0.3) is 5.56 Å².